The maximum atomic E-state index is 15.4. The van der Waals surface area contributed by atoms with Crippen LogP contribution in [-0.4, -0.2) is 18.1 Å². The Morgan fingerprint density at radius 3 is 2.37 bits per heavy atom. The number of dihydropyridines is 1. The summed E-state index contributed by atoms with van der Waals surface area (Å²) in [5.41, 5.74) is -1.74. The minimum atomic E-state index is -4.70. The van der Waals surface area contributed by atoms with Gasteiger partial charge in [0.25, 0.3) is 0 Å². The average Bonchev–Trinajstić information content (AvgIpc) is 2.74. The van der Waals surface area contributed by atoms with Gasteiger partial charge in [0.1, 0.15) is 11.4 Å². The van der Waals surface area contributed by atoms with Gasteiger partial charge < -0.3 is 16.0 Å². The summed E-state index contributed by atoms with van der Waals surface area (Å²) in [4.78, 5) is 13.1. The molecule has 1 aliphatic rings. The van der Waals surface area contributed by atoms with Crippen molar-refractivity contribution >= 4 is 6.03 Å². The molecule has 1 aromatic rings. The first kappa shape index (κ1) is 28.0. The fraction of sp³-hybridized carbons (Fsp3) is 0.370. The molecule has 0 saturated heterocycles. The lowest BCUT2D eigenvalue weighted by molar-refractivity contribution is -0.137. The van der Waals surface area contributed by atoms with E-state index in [2.05, 4.69) is 22.5 Å². The van der Waals surface area contributed by atoms with Gasteiger partial charge in [0, 0.05) is 29.8 Å². The summed E-state index contributed by atoms with van der Waals surface area (Å²) < 4.78 is 56.4. The predicted octanol–water partition coefficient (Wildman–Crippen LogP) is 6.65. The summed E-state index contributed by atoms with van der Waals surface area (Å²) in [5, 5.41) is 8.76. The Balaban J connectivity index is 2.88. The number of benzene rings is 1. The van der Waals surface area contributed by atoms with Gasteiger partial charge in [-0.3, -0.25) is 0 Å². The van der Waals surface area contributed by atoms with Crippen LogP contribution in [0.2, 0.25) is 0 Å². The molecule has 4 nitrogen and oxygen atoms in total. The Labute approximate surface area is 204 Å². The van der Waals surface area contributed by atoms with Gasteiger partial charge in [-0.15, -0.1) is 0 Å². The second-order valence-corrected chi connectivity index (χ2v) is 9.52. The molecule has 0 fully saturated rings. The summed E-state index contributed by atoms with van der Waals surface area (Å²) in [6.07, 6.45) is 5.48. The van der Waals surface area contributed by atoms with E-state index >= 15 is 4.39 Å². The Morgan fingerprint density at radius 2 is 1.86 bits per heavy atom. The van der Waals surface area contributed by atoms with Gasteiger partial charge in [0.15, 0.2) is 0 Å². The lowest BCUT2D eigenvalue weighted by Crippen LogP contribution is -2.57. The van der Waals surface area contributed by atoms with Crippen LogP contribution in [0.1, 0.15) is 52.2 Å². The molecule has 190 valence electrons. The minimum Gasteiger partial charge on any atom is -0.382 e. The smallest absolute Gasteiger partial charge is 0.382 e. The molecule has 1 aromatic carbocycles. The number of alkyl halides is 3. The fourth-order valence-corrected chi connectivity index (χ4v) is 3.71. The Morgan fingerprint density at radius 1 is 1.17 bits per heavy atom. The standard InChI is InChI=1S/C27H33F4N3O/c1-7-9-10-19(8-2)16-26(23-14-11-18(3)17-32-23,34-24(35)33-25(4,5)6)21-15-20(27(29,30)31)12-13-22(21)28/h7-15,32H,2,16-17H2,1,3-6H3,(H2,33,34,35)/b9-7-,19-10+. The van der Waals surface area contributed by atoms with Crippen LogP contribution in [0.15, 0.2) is 78.1 Å². The predicted molar refractivity (Wildman–Crippen MR) is 132 cm³/mol. The quantitative estimate of drug-likeness (QED) is 0.296. The topological polar surface area (TPSA) is 53.2 Å². The zero-order chi connectivity index (χ0) is 26.4. The number of rotatable bonds is 7. The van der Waals surface area contributed by atoms with Crippen molar-refractivity contribution < 1.29 is 22.4 Å². The van der Waals surface area contributed by atoms with Crippen LogP contribution in [0, 0.1) is 5.82 Å². The van der Waals surface area contributed by atoms with E-state index in [1.807, 2.05) is 13.8 Å². The molecule has 0 bridgehead atoms. The van der Waals surface area contributed by atoms with E-state index in [0.717, 1.165) is 17.7 Å². The van der Waals surface area contributed by atoms with Crippen LogP contribution >= 0.6 is 0 Å². The van der Waals surface area contributed by atoms with Gasteiger partial charge in [0.2, 0.25) is 0 Å². The Hall–Kier alpha value is -3.29. The highest BCUT2D eigenvalue weighted by molar-refractivity contribution is 5.77. The molecule has 0 saturated carbocycles. The monoisotopic (exact) mass is 491 g/mol. The highest BCUT2D eigenvalue weighted by Crippen LogP contribution is 2.40. The van der Waals surface area contributed by atoms with Crippen LogP contribution in [0.5, 0.6) is 0 Å². The van der Waals surface area contributed by atoms with Crippen LogP contribution in [-0.2, 0) is 11.7 Å². The van der Waals surface area contributed by atoms with Gasteiger partial charge in [-0.25, -0.2) is 9.18 Å². The van der Waals surface area contributed by atoms with Crippen LogP contribution < -0.4 is 16.0 Å². The first-order chi connectivity index (χ1) is 16.2. The van der Waals surface area contributed by atoms with Crippen molar-refractivity contribution in [1.82, 2.24) is 16.0 Å². The molecule has 35 heavy (non-hydrogen) atoms. The molecule has 0 aromatic heterocycles. The number of allylic oxidation sites excluding steroid dienone is 6. The summed E-state index contributed by atoms with van der Waals surface area (Å²) in [7, 11) is 0. The number of carbonyl (C=O) groups excluding carboxylic acids is 1. The zero-order valence-electron chi connectivity index (χ0n) is 20.7. The van der Waals surface area contributed by atoms with E-state index in [1.54, 1.807) is 51.2 Å². The molecule has 1 atom stereocenters. The average molecular weight is 492 g/mol. The number of hydrogen-bond donors (Lipinski definition) is 3. The zero-order valence-corrected chi connectivity index (χ0v) is 20.7. The van der Waals surface area contributed by atoms with Crippen molar-refractivity contribution in [3.63, 3.8) is 0 Å². The third-order valence-corrected chi connectivity index (χ3v) is 5.36. The SMILES string of the molecule is C=C/C(=C\C=C/C)CC(NC(=O)NC(C)(C)C)(C1=CC=C(C)CN1)c1cc(C(F)(F)F)ccc1F. The Bertz CT molecular complexity index is 1070. The van der Waals surface area contributed by atoms with Crippen LogP contribution in [0.3, 0.4) is 0 Å². The normalized spacial score (nSPS) is 16.7. The number of urea groups is 1. The van der Waals surface area contributed by atoms with Gasteiger partial charge >= 0.3 is 12.2 Å². The molecule has 0 spiro atoms. The summed E-state index contributed by atoms with van der Waals surface area (Å²) in [5.74, 6) is -0.877. The maximum absolute atomic E-state index is 15.4. The highest BCUT2D eigenvalue weighted by Gasteiger charge is 2.43. The van der Waals surface area contributed by atoms with Crippen LogP contribution in [0.4, 0.5) is 22.4 Å². The molecule has 0 aliphatic carbocycles. The second-order valence-electron chi connectivity index (χ2n) is 9.52. The fourth-order valence-electron chi connectivity index (χ4n) is 3.71. The van der Waals surface area contributed by atoms with Gasteiger partial charge in [0.05, 0.1) is 5.56 Å². The number of amides is 2. The van der Waals surface area contributed by atoms with Crippen molar-refractivity contribution in [2.45, 2.75) is 58.3 Å². The molecule has 3 N–H and O–H groups in total. The summed E-state index contributed by atoms with van der Waals surface area (Å²) >= 11 is 0. The number of halogens is 4. The van der Waals surface area contributed by atoms with Gasteiger partial charge in [-0.05, 0) is 64.5 Å². The van der Waals surface area contributed by atoms with E-state index in [1.165, 1.54) is 6.08 Å². The molecule has 1 unspecified atom stereocenters. The molecular formula is C27H33F4N3O. The third-order valence-electron chi connectivity index (χ3n) is 5.36. The highest BCUT2D eigenvalue weighted by atomic mass is 19.4. The van der Waals surface area contributed by atoms with Crippen molar-refractivity contribution in [2.24, 2.45) is 0 Å². The van der Waals surface area contributed by atoms with Gasteiger partial charge in [-0.1, -0.05) is 42.5 Å². The first-order valence-electron chi connectivity index (χ1n) is 11.3. The van der Waals surface area contributed by atoms with Crippen LogP contribution in [0.25, 0.3) is 0 Å². The first-order valence-corrected chi connectivity index (χ1v) is 11.3. The number of hydrogen-bond acceptors (Lipinski definition) is 2. The molecule has 2 rings (SSSR count). The molecule has 0 radical (unpaired) electrons. The summed E-state index contributed by atoms with van der Waals surface area (Å²) in [6.45, 7) is 13.2. The summed E-state index contributed by atoms with van der Waals surface area (Å²) in [6, 6.07) is 1.58. The molecule has 8 heteroatoms. The third kappa shape index (κ3) is 7.34. The number of carbonyl (C=O) groups is 1. The lowest BCUT2D eigenvalue weighted by atomic mass is 9.78. The second kappa shape index (κ2) is 11.0. The van der Waals surface area contributed by atoms with Crippen molar-refractivity contribution in [3.05, 3.63) is 95.0 Å². The Kier molecular flexibility index (Phi) is 8.76. The molecule has 1 aliphatic heterocycles. The van der Waals surface area contributed by atoms with E-state index in [0.29, 0.717) is 23.9 Å². The number of nitrogens with one attached hydrogen (secondary N) is 3. The van der Waals surface area contributed by atoms with Gasteiger partial charge in [-0.2, -0.15) is 13.2 Å². The molecule has 1 heterocycles. The minimum absolute atomic E-state index is 0.0532. The van der Waals surface area contributed by atoms with Crippen molar-refractivity contribution in [3.8, 4) is 0 Å². The van der Waals surface area contributed by atoms with Crippen molar-refractivity contribution in [2.75, 3.05) is 6.54 Å². The van der Waals surface area contributed by atoms with E-state index in [-0.39, 0.29) is 12.0 Å². The van der Waals surface area contributed by atoms with E-state index in [9.17, 15) is 18.0 Å². The lowest BCUT2D eigenvalue weighted by Gasteiger charge is -2.40. The molecular weight excluding hydrogens is 458 g/mol. The van der Waals surface area contributed by atoms with E-state index in [4.69, 9.17) is 0 Å². The largest absolute Gasteiger partial charge is 0.416 e. The maximum Gasteiger partial charge on any atom is 0.416 e. The van der Waals surface area contributed by atoms with E-state index < -0.39 is 34.7 Å². The molecule has 2 amide bonds. The van der Waals surface area contributed by atoms with Crippen molar-refractivity contribution in [1.29, 1.82) is 0 Å².